The van der Waals surface area contributed by atoms with Crippen LogP contribution in [0.1, 0.15) is 50.0 Å². The molecule has 1 heterocycles. The molecule has 0 atom stereocenters. The molecule has 0 saturated heterocycles. The summed E-state index contributed by atoms with van der Waals surface area (Å²) in [4.78, 5) is 37.8. The average Bonchev–Trinajstić information content (AvgIpc) is 2.90. The van der Waals surface area contributed by atoms with Gasteiger partial charge in [-0.15, -0.1) is 11.3 Å². The monoisotopic (exact) mass is 327 g/mol. The first-order chi connectivity index (χ1) is 10.4. The van der Waals surface area contributed by atoms with Crippen molar-refractivity contribution in [1.82, 2.24) is 10.3 Å². The molecule has 1 aromatic heterocycles. The summed E-state index contributed by atoms with van der Waals surface area (Å²) in [6, 6.07) is 0. The predicted molar refractivity (Wildman–Crippen MR) is 84.0 cm³/mol. The number of carbonyl (C=O) groups excluding carboxylic acids is 2. The summed E-state index contributed by atoms with van der Waals surface area (Å²) in [5, 5.41) is 15.9. The number of carbonyl (C=O) groups is 3. The van der Waals surface area contributed by atoms with E-state index in [2.05, 4.69) is 15.6 Å². The number of amides is 2. The van der Waals surface area contributed by atoms with Gasteiger partial charge in [-0.05, 0) is 12.8 Å². The third-order valence-corrected chi connectivity index (χ3v) is 3.60. The van der Waals surface area contributed by atoms with Crippen molar-refractivity contribution in [2.45, 2.75) is 39.5 Å². The Balaban J connectivity index is 2.30. The summed E-state index contributed by atoms with van der Waals surface area (Å²) >= 11 is 1.21. The van der Waals surface area contributed by atoms with Crippen molar-refractivity contribution in [2.75, 3.05) is 11.9 Å². The van der Waals surface area contributed by atoms with Crippen LogP contribution < -0.4 is 10.6 Å². The lowest BCUT2D eigenvalue weighted by molar-refractivity contribution is -0.137. The van der Waals surface area contributed by atoms with E-state index < -0.39 is 5.97 Å². The van der Waals surface area contributed by atoms with Crippen molar-refractivity contribution >= 4 is 34.3 Å². The largest absolute Gasteiger partial charge is 0.481 e. The van der Waals surface area contributed by atoms with E-state index in [0.29, 0.717) is 18.1 Å². The Hall–Kier alpha value is -1.96. The summed E-state index contributed by atoms with van der Waals surface area (Å²) in [5.74, 6) is -1.38. The number of aromatic nitrogens is 1. The number of hydrogen-bond acceptors (Lipinski definition) is 5. The quantitative estimate of drug-likeness (QED) is 0.602. The van der Waals surface area contributed by atoms with Gasteiger partial charge in [0.25, 0.3) is 5.91 Å². The van der Waals surface area contributed by atoms with Crippen molar-refractivity contribution in [1.29, 1.82) is 0 Å². The van der Waals surface area contributed by atoms with Gasteiger partial charge in [-0.25, -0.2) is 4.98 Å². The molecule has 122 valence electrons. The third kappa shape index (κ3) is 6.66. The molecule has 0 saturated carbocycles. The molecular weight excluding hydrogens is 306 g/mol. The van der Waals surface area contributed by atoms with E-state index in [1.807, 2.05) is 0 Å². The minimum absolute atomic E-state index is 0.139. The van der Waals surface area contributed by atoms with Gasteiger partial charge in [-0.2, -0.15) is 0 Å². The lowest BCUT2D eigenvalue weighted by Gasteiger charge is -2.04. The second-order valence-corrected chi connectivity index (χ2v) is 6.00. The zero-order valence-electron chi connectivity index (χ0n) is 12.7. The number of nitrogens with zero attached hydrogens (tertiary/aromatic N) is 1. The Morgan fingerprint density at radius 2 is 2.00 bits per heavy atom. The molecule has 0 aliphatic heterocycles. The second-order valence-electron chi connectivity index (χ2n) is 5.14. The highest BCUT2D eigenvalue weighted by Crippen LogP contribution is 2.16. The van der Waals surface area contributed by atoms with Crippen molar-refractivity contribution in [3.05, 3.63) is 11.1 Å². The predicted octanol–water partition coefficient (Wildman–Crippen LogP) is 2.11. The molecule has 0 unspecified atom stereocenters. The maximum absolute atomic E-state index is 11.8. The third-order valence-electron chi connectivity index (χ3n) is 2.84. The van der Waals surface area contributed by atoms with Crippen LogP contribution in [-0.4, -0.2) is 34.4 Å². The van der Waals surface area contributed by atoms with Crippen LogP contribution in [0.3, 0.4) is 0 Å². The topological polar surface area (TPSA) is 108 Å². The van der Waals surface area contributed by atoms with E-state index in [1.54, 1.807) is 19.2 Å². The number of hydrogen-bond donors (Lipinski definition) is 3. The van der Waals surface area contributed by atoms with Gasteiger partial charge in [0.1, 0.15) is 5.69 Å². The van der Waals surface area contributed by atoms with Gasteiger partial charge in [-0.3, -0.25) is 14.4 Å². The molecule has 3 N–H and O–H groups in total. The molecule has 0 fully saturated rings. The Morgan fingerprint density at radius 3 is 2.64 bits per heavy atom. The van der Waals surface area contributed by atoms with Gasteiger partial charge in [-0.1, -0.05) is 20.3 Å². The molecule has 0 aliphatic carbocycles. The molecule has 1 rings (SSSR count). The Bertz CT molecular complexity index is 528. The van der Waals surface area contributed by atoms with Crippen molar-refractivity contribution < 1.29 is 19.5 Å². The molecule has 1 aromatic rings. The lowest BCUT2D eigenvalue weighted by Crippen LogP contribution is -2.25. The molecule has 2 amide bonds. The van der Waals surface area contributed by atoms with Gasteiger partial charge in [0, 0.05) is 24.3 Å². The highest BCUT2D eigenvalue weighted by atomic mass is 32.1. The fourth-order valence-corrected chi connectivity index (χ4v) is 2.25. The molecule has 0 radical (unpaired) electrons. The number of thiazole rings is 1. The van der Waals surface area contributed by atoms with Crippen LogP contribution in [0, 0.1) is 5.92 Å². The summed E-state index contributed by atoms with van der Waals surface area (Å²) in [6.07, 6.45) is 2.23. The number of carboxylic acids is 1. The van der Waals surface area contributed by atoms with Gasteiger partial charge in [0.2, 0.25) is 5.91 Å². The first kappa shape index (κ1) is 18.1. The fraction of sp³-hybridized carbons (Fsp3) is 0.571. The highest BCUT2D eigenvalue weighted by Gasteiger charge is 2.13. The summed E-state index contributed by atoms with van der Waals surface area (Å²) in [5.41, 5.74) is 0.273. The Kier molecular flexibility index (Phi) is 7.51. The SMILES string of the molecule is CC(C)C(=O)Nc1nc(C(=O)NCCCCCC(=O)O)cs1. The number of aliphatic carboxylic acids is 1. The van der Waals surface area contributed by atoms with Crippen LogP contribution in [0.4, 0.5) is 5.13 Å². The van der Waals surface area contributed by atoms with Gasteiger partial charge in [0.15, 0.2) is 5.13 Å². The van der Waals surface area contributed by atoms with Crippen LogP contribution in [-0.2, 0) is 9.59 Å². The highest BCUT2D eigenvalue weighted by molar-refractivity contribution is 7.14. The second kappa shape index (κ2) is 9.14. The maximum Gasteiger partial charge on any atom is 0.303 e. The molecule has 22 heavy (non-hydrogen) atoms. The van der Waals surface area contributed by atoms with E-state index in [9.17, 15) is 14.4 Å². The standard InChI is InChI=1S/C14H21N3O4S/c1-9(2)12(20)17-14-16-10(8-22-14)13(21)15-7-5-3-4-6-11(18)19/h8-9H,3-7H2,1-2H3,(H,15,21)(H,18,19)(H,16,17,20). The molecule has 0 aromatic carbocycles. The van der Waals surface area contributed by atoms with Crippen LogP contribution in [0.2, 0.25) is 0 Å². The first-order valence-electron chi connectivity index (χ1n) is 7.16. The molecule has 0 spiro atoms. The van der Waals surface area contributed by atoms with Crippen molar-refractivity contribution in [3.8, 4) is 0 Å². The summed E-state index contributed by atoms with van der Waals surface area (Å²) in [7, 11) is 0. The number of nitrogens with one attached hydrogen (secondary N) is 2. The van der Waals surface area contributed by atoms with E-state index in [0.717, 1.165) is 12.8 Å². The Labute approximate surface area is 133 Å². The van der Waals surface area contributed by atoms with Gasteiger partial charge >= 0.3 is 5.97 Å². The van der Waals surface area contributed by atoms with Crippen LogP contribution in [0.5, 0.6) is 0 Å². The van der Waals surface area contributed by atoms with Crippen molar-refractivity contribution in [2.24, 2.45) is 5.92 Å². The fourth-order valence-electron chi connectivity index (χ4n) is 1.56. The number of carboxylic acid groups (broad SMARTS) is 1. The molecule has 8 heteroatoms. The smallest absolute Gasteiger partial charge is 0.303 e. The van der Waals surface area contributed by atoms with Crippen LogP contribution >= 0.6 is 11.3 Å². The number of rotatable bonds is 9. The normalized spacial score (nSPS) is 10.5. The lowest BCUT2D eigenvalue weighted by atomic mass is 10.2. The zero-order valence-corrected chi connectivity index (χ0v) is 13.5. The number of unbranched alkanes of at least 4 members (excludes halogenated alkanes) is 2. The minimum Gasteiger partial charge on any atom is -0.481 e. The minimum atomic E-state index is -0.803. The van der Waals surface area contributed by atoms with Crippen molar-refractivity contribution in [3.63, 3.8) is 0 Å². The van der Waals surface area contributed by atoms with Crippen LogP contribution in [0.25, 0.3) is 0 Å². The molecule has 0 aliphatic rings. The van der Waals surface area contributed by atoms with Gasteiger partial charge < -0.3 is 15.7 Å². The van der Waals surface area contributed by atoms with E-state index in [1.165, 1.54) is 11.3 Å². The summed E-state index contributed by atoms with van der Waals surface area (Å²) < 4.78 is 0. The van der Waals surface area contributed by atoms with Crippen LogP contribution in [0.15, 0.2) is 5.38 Å². The first-order valence-corrected chi connectivity index (χ1v) is 8.04. The number of anilines is 1. The Morgan fingerprint density at radius 1 is 1.27 bits per heavy atom. The summed E-state index contributed by atoms with van der Waals surface area (Å²) in [6.45, 7) is 4.03. The molecule has 7 nitrogen and oxygen atoms in total. The maximum atomic E-state index is 11.8. The zero-order chi connectivity index (χ0) is 16.5. The van der Waals surface area contributed by atoms with Gasteiger partial charge in [0.05, 0.1) is 0 Å². The average molecular weight is 327 g/mol. The van der Waals surface area contributed by atoms with E-state index in [-0.39, 0.29) is 29.8 Å². The van der Waals surface area contributed by atoms with E-state index in [4.69, 9.17) is 5.11 Å². The van der Waals surface area contributed by atoms with E-state index >= 15 is 0 Å². The molecule has 0 bridgehead atoms. The molecular formula is C14H21N3O4S.